The summed E-state index contributed by atoms with van der Waals surface area (Å²) >= 11 is 0. The van der Waals surface area contributed by atoms with Crippen molar-refractivity contribution in [3.05, 3.63) is 0 Å². The first kappa shape index (κ1) is 11.8. The normalized spacial score (nSPS) is 30.3. The molecule has 1 amide bonds. The van der Waals surface area contributed by atoms with Crippen molar-refractivity contribution in [1.82, 2.24) is 16.0 Å². The second kappa shape index (κ2) is 5.53. The fourth-order valence-electron chi connectivity index (χ4n) is 1.79. The number of hydrogen-bond acceptors (Lipinski definition) is 3. The molecular weight excluding hydrogens is 202 g/mol. The van der Waals surface area contributed by atoms with Gasteiger partial charge in [-0.25, -0.2) is 0 Å². The lowest BCUT2D eigenvalue weighted by atomic mass is 10.1. The molecule has 0 aromatic carbocycles. The molecule has 2 atom stereocenters. The third-order valence-electron chi connectivity index (χ3n) is 2.83. The van der Waals surface area contributed by atoms with Gasteiger partial charge in [-0.3, -0.25) is 4.79 Å². The van der Waals surface area contributed by atoms with Gasteiger partial charge in [0.1, 0.15) is 0 Å². The highest BCUT2D eigenvalue weighted by Crippen LogP contribution is 2.04. The van der Waals surface area contributed by atoms with E-state index in [9.17, 15) is 4.79 Å². The first-order valence-corrected chi connectivity index (χ1v) is 5.11. The summed E-state index contributed by atoms with van der Waals surface area (Å²) in [5.41, 5.74) is 0. The summed E-state index contributed by atoms with van der Waals surface area (Å²) in [6.45, 7) is 2.87. The predicted octanol–water partition coefficient (Wildman–Crippen LogP) is -0.362. The van der Waals surface area contributed by atoms with Crippen molar-refractivity contribution in [3.63, 3.8) is 0 Å². The molecule has 0 spiro atoms. The first-order valence-electron chi connectivity index (χ1n) is 5.11. The Bertz CT molecular complexity index is 190. The molecule has 4 nitrogen and oxygen atoms in total. The molecule has 0 aromatic rings. The number of nitrogens with one attached hydrogen (secondary N) is 3. The van der Waals surface area contributed by atoms with Crippen LogP contribution in [0.2, 0.25) is 0 Å². The van der Waals surface area contributed by atoms with Gasteiger partial charge in [0.15, 0.2) is 0 Å². The van der Waals surface area contributed by atoms with Crippen LogP contribution < -0.4 is 16.0 Å². The van der Waals surface area contributed by atoms with Gasteiger partial charge >= 0.3 is 0 Å². The van der Waals surface area contributed by atoms with Gasteiger partial charge in [-0.1, -0.05) is 0 Å². The lowest BCUT2D eigenvalue weighted by Gasteiger charge is -2.26. The molecule has 82 valence electrons. The van der Waals surface area contributed by atoms with E-state index >= 15 is 0 Å². The summed E-state index contributed by atoms with van der Waals surface area (Å²) < 4.78 is 0. The van der Waals surface area contributed by atoms with Gasteiger partial charge < -0.3 is 16.0 Å². The monoisotopic (exact) mass is 219 g/mol. The van der Waals surface area contributed by atoms with E-state index in [1.807, 2.05) is 0 Å². The summed E-state index contributed by atoms with van der Waals surface area (Å²) in [5, 5.41) is 9.40. The fourth-order valence-corrected chi connectivity index (χ4v) is 1.79. The van der Waals surface area contributed by atoms with E-state index in [0.29, 0.717) is 6.04 Å². The average molecular weight is 220 g/mol. The maximum Gasteiger partial charge on any atom is 0.237 e. The van der Waals surface area contributed by atoms with E-state index < -0.39 is 0 Å². The van der Waals surface area contributed by atoms with Gasteiger partial charge in [0.2, 0.25) is 5.91 Å². The minimum absolute atomic E-state index is 0. The Hall–Kier alpha value is -0.320. The molecule has 2 fully saturated rings. The first-order chi connectivity index (χ1) is 6.36. The molecule has 3 N–H and O–H groups in total. The Morgan fingerprint density at radius 1 is 1.29 bits per heavy atom. The van der Waals surface area contributed by atoms with E-state index in [1.54, 1.807) is 0 Å². The summed E-state index contributed by atoms with van der Waals surface area (Å²) in [5.74, 6) is 0.167. The van der Waals surface area contributed by atoms with Gasteiger partial charge in [0, 0.05) is 12.6 Å². The second-order valence-corrected chi connectivity index (χ2v) is 3.83. The van der Waals surface area contributed by atoms with E-state index in [1.165, 1.54) is 12.8 Å². The SMILES string of the molecule is Cl.O=C(NCC1CCCN1)[C@H]1CCN1. The van der Waals surface area contributed by atoms with Crippen molar-refractivity contribution < 1.29 is 4.79 Å². The molecule has 0 aromatic heterocycles. The quantitative estimate of drug-likeness (QED) is 0.608. The summed E-state index contributed by atoms with van der Waals surface area (Å²) in [6.07, 6.45) is 3.42. The van der Waals surface area contributed by atoms with Crippen LogP contribution in [0, 0.1) is 0 Å². The standard InChI is InChI=1S/C9H17N3O.ClH/c13-9(8-3-5-11-8)12-6-7-2-1-4-10-7;/h7-8,10-11H,1-6H2,(H,12,13);1H/t7?,8-;/m1./s1. The number of carbonyl (C=O) groups excluding carboxylic acids is 1. The summed E-state index contributed by atoms with van der Waals surface area (Å²) in [7, 11) is 0. The highest BCUT2D eigenvalue weighted by molar-refractivity contribution is 5.85. The molecule has 5 heteroatoms. The van der Waals surface area contributed by atoms with Crippen molar-refractivity contribution in [1.29, 1.82) is 0 Å². The van der Waals surface area contributed by atoms with Crippen molar-refractivity contribution in [2.75, 3.05) is 19.6 Å². The van der Waals surface area contributed by atoms with Crippen LogP contribution in [0.5, 0.6) is 0 Å². The molecule has 14 heavy (non-hydrogen) atoms. The lowest BCUT2D eigenvalue weighted by Crippen LogP contribution is -2.54. The number of halogens is 1. The summed E-state index contributed by atoms with van der Waals surface area (Å²) in [4.78, 5) is 11.4. The van der Waals surface area contributed by atoms with E-state index in [4.69, 9.17) is 0 Å². The van der Waals surface area contributed by atoms with E-state index in [0.717, 1.165) is 26.1 Å². The maximum atomic E-state index is 11.4. The molecule has 0 saturated carbocycles. The van der Waals surface area contributed by atoms with Crippen LogP contribution in [-0.4, -0.2) is 37.6 Å². The Morgan fingerprint density at radius 2 is 2.07 bits per heavy atom. The molecule has 2 saturated heterocycles. The van der Waals surface area contributed by atoms with E-state index in [-0.39, 0.29) is 24.4 Å². The van der Waals surface area contributed by atoms with Crippen LogP contribution in [0.4, 0.5) is 0 Å². The molecule has 2 heterocycles. The Kier molecular flexibility index (Phi) is 4.65. The number of rotatable bonds is 3. The van der Waals surface area contributed by atoms with Crippen LogP contribution in [0.15, 0.2) is 0 Å². The van der Waals surface area contributed by atoms with Crippen LogP contribution in [0.25, 0.3) is 0 Å². The zero-order valence-electron chi connectivity index (χ0n) is 8.21. The van der Waals surface area contributed by atoms with Crippen molar-refractivity contribution >= 4 is 18.3 Å². The second-order valence-electron chi connectivity index (χ2n) is 3.83. The third-order valence-corrected chi connectivity index (χ3v) is 2.83. The largest absolute Gasteiger partial charge is 0.353 e. The average Bonchev–Trinajstić information content (AvgIpc) is 2.49. The summed E-state index contributed by atoms with van der Waals surface area (Å²) in [6, 6.07) is 0.588. The Balaban J connectivity index is 0.000000980. The zero-order valence-corrected chi connectivity index (χ0v) is 9.03. The van der Waals surface area contributed by atoms with Gasteiger partial charge in [0.25, 0.3) is 0 Å². The number of carbonyl (C=O) groups is 1. The Labute approximate surface area is 90.6 Å². The van der Waals surface area contributed by atoms with Gasteiger partial charge in [-0.15, -0.1) is 12.4 Å². The molecule has 1 unspecified atom stereocenters. The van der Waals surface area contributed by atoms with Gasteiger partial charge in [-0.2, -0.15) is 0 Å². The van der Waals surface area contributed by atoms with Crippen LogP contribution >= 0.6 is 12.4 Å². The molecule has 2 aliphatic rings. The molecule has 2 rings (SSSR count). The van der Waals surface area contributed by atoms with Crippen LogP contribution in [0.3, 0.4) is 0 Å². The number of amides is 1. The van der Waals surface area contributed by atoms with E-state index in [2.05, 4.69) is 16.0 Å². The molecule has 0 radical (unpaired) electrons. The Morgan fingerprint density at radius 3 is 2.57 bits per heavy atom. The van der Waals surface area contributed by atoms with Gasteiger partial charge in [-0.05, 0) is 32.4 Å². The van der Waals surface area contributed by atoms with Crippen molar-refractivity contribution in [3.8, 4) is 0 Å². The zero-order chi connectivity index (χ0) is 9.10. The minimum Gasteiger partial charge on any atom is -0.353 e. The van der Waals surface area contributed by atoms with Crippen LogP contribution in [0.1, 0.15) is 19.3 Å². The third kappa shape index (κ3) is 2.83. The molecule has 2 aliphatic heterocycles. The topological polar surface area (TPSA) is 53.2 Å². The highest BCUT2D eigenvalue weighted by Gasteiger charge is 2.25. The van der Waals surface area contributed by atoms with Gasteiger partial charge in [0.05, 0.1) is 6.04 Å². The maximum absolute atomic E-state index is 11.4. The van der Waals surface area contributed by atoms with Crippen molar-refractivity contribution in [2.24, 2.45) is 0 Å². The number of hydrogen-bond donors (Lipinski definition) is 3. The minimum atomic E-state index is 0. The molecule has 0 bridgehead atoms. The van der Waals surface area contributed by atoms with Crippen molar-refractivity contribution in [2.45, 2.75) is 31.3 Å². The fraction of sp³-hybridized carbons (Fsp3) is 0.889. The highest BCUT2D eigenvalue weighted by atomic mass is 35.5. The van der Waals surface area contributed by atoms with Crippen LogP contribution in [-0.2, 0) is 4.79 Å². The lowest BCUT2D eigenvalue weighted by molar-refractivity contribution is -0.124. The smallest absolute Gasteiger partial charge is 0.237 e. The molecular formula is C9H18ClN3O. The predicted molar refractivity (Wildman–Crippen MR) is 57.7 cm³/mol. The molecule has 0 aliphatic carbocycles.